The molecule has 0 atom stereocenters. The van der Waals surface area contributed by atoms with Crippen molar-refractivity contribution in [2.45, 2.75) is 19.8 Å². The van der Waals surface area contributed by atoms with Crippen LogP contribution in [0.1, 0.15) is 35.9 Å². The molecular weight excluding hydrogens is 544 g/mol. The van der Waals surface area contributed by atoms with Crippen molar-refractivity contribution < 1.29 is 22.7 Å². The number of nitrogens with zero attached hydrogens (tertiary/aromatic N) is 3. The van der Waals surface area contributed by atoms with Gasteiger partial charge in [-0.15, -0.1) is 0 Å². The van der Waals surface area contributed by atoms with Crippen molar-refractivity contribution in [3.63, 3.8) is 0 Å². The first kappa shape index (κ1) is 26.6. The average Bonchev–Trinajstić information content (AvgIpc) is 3.66. The summed E-state index contributed by atoms with van der Waals surface area (Å²) < 4.78 is 41.2. The molecule has 0 spiro atoms. The Hall–Kier alpha value is -5.58. The lowest BCUT2D eigenvalue weighted by Crippen LogP contribution is -2.27. The summed E-state index contributed by atoms with van der Waals surface area (Å²) >= 11 is 0. The van der Waals surface area contributed by atoms with Crippen LogP contribution in [-0.2, 0) is 0 Å². The summed E-state index contributed by atoms with van der Waals surface area (Å²) in [6, 6.07) is 13.8. The molecule has 2 N–H and O–H groups in total. The summed E-state index contributed by atoms with van der Waals surface area (Å²) in [7, 11) is 0. The van der Waals surface area contributed by atoms with Crippen LogP contribution in [0.25, 0.3) is 28.0 Å². The number of halogens is 2. The van der Waals surface area contributed by atoms with Crippen LogP contribution in [0.5, 0.6) is 11.5 Å². The van der Waals surface area contributed by atoms with Gasteiger partial charge in [0.2, 0.25) is 0 Å². The number of benzene rings is 2. The molecule has 1 amide bonds. The Bertz CT molecular complexity index is 1980. The van der Waals surface area contributed by atoms with E-state index in [0.29, 0.717) is 33.8 Å². The zero-order valence-electron chi connectivity index (χ0n) is 22.4. The van der Waals surface area contributed by atoms with E-state index in [-0.39, 0.29) is 28.7 Å². The van der Waals surface area contributed by atoms with Crippen LogP contribution in [0.15, 0.2) is 94.8 Å². The number of pyridine rings is 2. The van der Waals surface area contributed by atoms with Crippen LogP contribution >= 0.6 is 0 Å². The molecular formula is C31H23F2N5O4. The highest BCUT2D eigenvalue weighted by Gasteiger charge is 2.21. The molecule has 0 radical (unpaired) electrons. The molecule has 6 rings (SSSR count). The second-order valence-corrected chi connectivity index (χ2v) is 9.76. The van der Waals surface area contributed by atoms with Gasteiger partial charge in [0.1, 0.15) is 17.2 Å². The Labute approximate surface area is 237 Å². The van der Waals surface area contributed by atoms with Crippen molar-refractivity contribution in [2.75, 3.05) is 5.32 Å². The van der Waals surface area contributed by atoms with E-state index in [1.165, 1.54) is 71.8 Å². The molecule has 4 aromatic heterocycles. The van der Waals surface area contributed by atoms with Crippen LogP contribution in [0.4, 0.5) is 14.5 Å². The predicted octanol–water partition coefficient (Wildman–Crippen LogP) is 6.82. The first-order chi connectivity index (χ1) is 20.3. The smallest absolute Gasteiger partial charge is 0.267 e. The first-order valence-corrected chi connectivity index (χ1v) is 13.0. The molecule has 11 heteroatoms. The van der Waals surface area contributed by atoms with Crippen molar-refractivity contribution in [2.24, 2.45) is 0 Å². The largest absolute Gasteiger partial charge is 0.472 e. The fraction of sp³-hybridized carbons (Fsp3) is 0.0968. The maximum atomic E-state index is 15.4. The van der Waals surface area contributed by atoms with E-state index < -0.39 is 23.1 Å². The topological polar surface area (TPSA) is 115 Å². The zero-order valence-corrected chi connectivity index (χ0v) is 22.4. The van der Waals surface area contributed by atoms with Gasteiger partial charge in [0.15, 0.2) is 28.5 Å². The molecule has 0 aliphatic carbocycles. The highest BCUT2D eigenvalue weighted by atomic mass is 19.1. The van der Waals surface area contributed by atoms with Crippen LogP contribution in [0.2, 0.25) is 0 Å². The molecule has 0 unspecified atom stereocenters. The third-order valence-corrected chi connectivity index (χ3v) is 6.56. The second-order valence-electron chi connectivity index (χ2n) is 9.76. The Kier molecular flexibility index (Phi) is 6.83. The Morgan fingerprint density at radius 3 is 2.62 bits per heavy atom. The van der Waals surface area contributed by atoms with Gasteiger partial charge in [-0.3, -0.25) is 14.2 Å². The number of carbonyl (C=O) groups is 1. The molecule has 0 saturated heterocycles. The minimum atomic E-state index is -0.757. The van der Waals surface area contributed by atoms with Gasteiger partial charge in [-0.05, 0) is 54.6 Å². The summed E-state index contributed by atoms with van der Waals surface area (Å²) in [5.74, 6) is -0.986. The normalized spacial score (nSPS) is 11.3. The summed E-state index contributed by atoms with van der Waals surface area (Å²) in [5, 5.41) is 2.55. The van der Waals surface area contributed by atoms with E-state index in [2.05, 4.69) is 20.3 Å². The number of carbonyl (C=O) groups excluding carboxylic acids is 1. The van der Waals surface area contributed by atoms with Gasteiger partial charge in [0, 0.05) is 46.9 Å². The van der Waals surface area contributed by atoms with Crippen molar-refractivity contribution in [3.8, 4) is 28.3 Å². The zero-order chi connectivity index (χ0) is 29.4. The van der Waals surface area contributed by atoms with Crippen LogP contribution < -0.4 is 15.6 Å². The van der Waals surface area contributed by atoms with Gasteiger partial charge in [-0.25, -0.2) is 18.7 Å². The number of furan rings is 1. The molecule has 0 aliphatic heterocycles. The van der Waals surface area contributed by atoms with E-state index in [9.17, 15) is 14.0 Å². The monoisotopic (exact) mass is 567 g/mol. The number of aromatic nitrogens is 4. The third-order valence-electron chi connectivity index (χ3n) is 6.56. The average molecular weight is 568 g/mol. The molecule has 0 fully saturated rings. The SMILES string of the molecule is CC(C)c1nc2c(Oc3ccc(NC(=O)c4cccn(-c5ccc(F)cc5)c4=O)cc3F)c(-c3ccoc3)cnc2[nH]1. The minimum Gasteiger partial charge on any atom is -0.472 e. The van der Waals surface area contributed by atoms with E-state index in [4.69, 9.17) is 9.15 Å². The van der Waals surface area contributed by atoms with Crippen LogP contribution in [-0.4, -0.2) is 25.4 Å². The standard InChI is InChI=1S/C31H23F2N5O4/c1-17(2)28-36-26-27(23(15-34-29(26)37-28)18-11-13-41-16-18)42-25-10-7-20(14-24(25)33)35-30(39)22-4-3-12-38(31(22)40)21-8-5-19(32)6-9-21/h3-17H,1-2H3,(H,35,39)(H,34,36,37). The van der Waals surface area contributed by atoms with Gasteiger partial charge in [-0.1, -0.05) is 13.8 Å². The predicted molar refractivity (Wildman–Crippen MR) is 152 cm³/mol. The Morgan fingerprint density at radius 2 is 1.90 bits per heavy atom. The summed E-state index contributed by atoms with van der Waals surface area (Å²) in [5.41, 5.74) is 1.85. The van der Waals surface area contributed by atoms with Gasteiger partial charge in [-0.2, -0.15) is 0 Å². The molecule has 0 aliphatic rings. The number of fused-ring (bicyclic) bond motifs is 1. The fourth-order valence-corrected chi connectivity index (χ4v) is 4.39. The van der Waals surface area contributed by atoms with Crippen molar-refractivity contribution in [3.05, 3.63) is 119 Å². The number of anilines is 1. The number of nitrogens with one attached hydrogen (secondary N) is 2. The van der Waals surface area contributed by atoms with Crippen LogP contribution in [0, 0.1) is 11.6 Å². The summed E-state index contributed by atoms with van der Waals surface area (Å²) in [6.45, 7) is 3.96. The van der Waals surface area contributed by atoms with Crippen LogP contribution in [0.3, 0.4) is 0 Å². The number of ether oxygens (including phenoxy) is 1. The molecule has 9 nitrogen and oxygen atoms in total. The minimum absolute atomic E-state index is 0.0912. The van der Waals surface area contributed by atoms with Gasteiger partial charge < -0.3 is 19.5 Å². The maximum absolute atomic E-state index is 15.4. The molecule has 42 heavy (non-hydrogen) atoms. The molecule has 0 bridgehead atoms. The number of hydrogen-bond acceptors (Lipinski definition) is 6. The number of hydrogen-bond donors (Lipinski definition) is 2. The third kappa shape index (κ3) is 5.03. The van der Waals surface area contributed by atoms with E-state index in [0.717, 1.165) is 6.07 Å². The quantitative estimate of drug-likeness (QED) is 0.219. The lowest BCUT2D eigenvalue weighted by molar-refractivity contribution is 0.102. The lowest BCUT2D eigenvalue weighted by Gasteiger charge is -2.13. The number of imidazole rings is 1. The van der Waals surface area contributed by atoms with Gasteiger partial charge in [0.25, 0.3) is 11.5 Å². The maximum Gasteiger partial charge on any atom is 0.267 e. The molecule has 0 saturated carbocycles. The van der Waals surface area contributed by atoms with E-state index in [1.54, 1.807) is 12.3 Å². The highest BCUT2D eigenvalue weighted by molar-refractivity contribution is 6.04. The molecule has 4 heterocycles. The number of rotatable bonds is 7. The van der Waals surface area contributed by atoms with Crippen molar-refractivity contribution >= 4 is 22.8 Å². The lowest BCUT2D eigenvalue weighted by atomic mass is 10.1. The Balaban J connectivity index is 1.29. The number of amides is 1. The highest BCUT2D eigenvalue weighted by Crippen LogP contribution is 2.39. The molecule has 2 aromatic carbocycles. The first-order valence-electron chi connectivity index (χ1n) is 13.0. The van der Waals surface area contributed by atoms with Crippen molar-refractivity contribution in [1.29, 1.82) is 0 Å². The molecule has 210 valence electrons. The molecule has 6 aromatic rings. The van der Waals surface area contributed by atoms with Gasteiger partial charge >= 0.3 is 0 Å². The number of H-pyrrole nitrogens is 1. The Morgan fingerprint density at radius 1 is 1.10 bits per heavy atom. The van der Waals surface area contributed by atoms with E-state index in [1.807, 2.05) is 13.8 Å². The van der Waals surface area contributed by atoms with Crippen molar-refractivity contribution in [1.82, 2.24) is 19.5 Å². The number of aromatic amines is 1. The summed E-state index contributed by atoms with van der Waals surface area (Å²) in [4.78, 5) is 38.2. The second kappa shape index (κ2) is 10.8. The summed E-state index contributed by atoms with van der Waals surface area (Å²) in [6.07, 6.45) is 6.09. The van der Waals surface area contributed by atoms with E-state index >= 15 is 4.39 Å². The van der Waals surface area contributed by atoms with Gasteiger partial charge in [0.05, 0.1) is 12.5 Å². The fourth-order valence-electron chi connectivity index (χ4n) is 4.39.